The Balaban J connectivity index is 2.29. The second kappa shape index (κ2) is 5.34. The van der Waals surface area contributed by atoms with E-state index in [9.17, 15) is 14.9 Å². The van der Waals surface area contributed by atoms with E-state index in [4.69, 9.17) is 23.2 Å². The third kappa shape index (κ3) is 2.13. The van der Waals surface area contributed by atoms with Gasteiger partial charge in [0, 0.05) is 11.5 Å². The zero-order chi connectivity index (χ0) is 17.0. The maximum atomic E-state index is 12.6. The number of fused-ring (bicyclic) bond motifs is 4. The molecular weight excluding hydrogens is 373 g/mol. The number of hydrogen-bond acceptors (Lipinski definition) is 6. The quantitative estimate of drug-likeness (QED) is 0.160. The standard InChI is InChI=1S/C15H5Cl2N3O3S/c16-9-5-4-7-15(19-9)24-14-11(17)13(21)10-6(12(14)18-7)2-1-3-8(10)20(22)23/h1-5H. The van der Waals surface area contributed by atoms with Gasteiger partial charge in [0.05, 0.1) is 21.0 Å². The summed E-state index contributed by atoms with van der Waals surface area (Å²) >= 11 is 13.3. The average molecular weight is 378 g/mol. The lowest BCUT2D eigenvalue weighted by molar-refractivity contribution is -0.383. The van der Waals surface area contributed by atoms with Crippen LogP contribution in [0.4, 0.5) is 5.69 Å². The van der Waals surface area contributed by atoms with Gasteiger partial charge in [-0.05, 0) is 12.1 Å². The number of pyridine rings is 1. The van der Waals surface area contributed by atoms with Crippen molar-refractivity contribution in [1.29, 1.82) is 0 Å². The van der Waals surface area contributed by atoms with Crippen LogP contribution >= 0.6 is 34.5 Å². The zero-order valence-corrected chi connectivity index (χ0v) is 13.9. The smallest absolute Gasteiger partial charge is 0.281 e. The van der Waals surface area contributed by atoms with Crippen molar-refractivity contribution in [3.8, 4) is 10.6 Å². The van der Waals surface area contributed by atoms with Crippen molar-refractivity contribution < 1.29 is 4.92 Å². The molecule has 2 aliphatic rings. The number of hydrogen-bond donors (Lipinski definition) is 0. The van der Waals surface area contributed by atoms with Gasteiger partial charge >= 0.3 is 0 Å². The summed E-state index contributed by atoms with van der Waals surface area (Å²) in [7, 11) is 0. The molecule has 1 aliphatic carbocycles. The van der Waals surface area contributed by atoms with Crippen LogP contribution in [-0.4, -0.2) is 14.9 Å². The molecule has 0 spiro atoms. The van der Waals surface area contributed by atoms with E-state index in [2.05, 4.69) is 9.97 Å². The third-order valence-electron chi connectivity index (χ3n) is 3.57. The Hall–Kier alpha value is -2.35. The normalized spacial score (nSPS) is 11.4. The second-order valence-electron chi connectivity index (χ2n) is 4.95. The maximum absolute atomic E-state index is 12.6. The molecule has 0 amide bonds. The minimum Gasteiger partial charge on any atom is -0.287 e. The van der Waals surface area contributed by atoms with Gasteiger partial charge in [-0.1, -0.05) is 35.3 Å². The van der Waals surface area contributed by atoms with Crippen molar-refractivity contribution in [2.24, 2.45) is 0 Å². The van der Waals surface area contributed by atoms with E-state index in [-0.39, 0.29) is 16.1 Å². The van der Waals surface area contributed by atoms with E-state index in [1.807, 2.05) is 0 Å². The van der Waals surface area contributed by atoms with Crippen molar-refractivity contribution in [2.75, 3.05) is 0 Å². The van der Waals surface area contributed by atoms with E-state index >= 15 is 0 Å². The largest absolute Gasteiger partial charge is 0.287 e. The average Bonchev–Trinajstić information content (AvgIpc) is 2.57. The van der Waals surface area contributed by atoms with E-state index in [1.165, 1.54) is 23.5 Å². The van der Waals surface area contributed by atoms with Gasteiger partial charge in [0.25, 0.3) is 5.69 Å². The lowest BCUT2D eigenvalue weighted by Crippen LogP contribution is -2.08. The molecule has 1 aliphatic heterocycles. The number of rotatable bonds is 1. The molecule has 0 radical (unpaired) electrons. The summed E-state index contributed by atoms with van der Waals surface area (Å²) in [5, 5.41) is 11.8. The molecule has 6 nitrogen and oxygen atoms in total. The number of halogens is 2. The van der Waals surface area contributed by atoms with Crippen LogP contribution in [0.25, 0.3) is 31.7 Å². The molecule has 0 N–H and O–H groups in total. The summed E-state index contributed by atoms with van der Waals surface area (Å²) < 4.78 is 0. The highest BCUT2D eigenvalue weighted by molar-refractivity contribution is 7.21. The lowest BCUT2D eigenvalue weighted by atomic mass is 10.0. The van der Waals surface area contributed by atoms with Gasteiger partial charge in [-0.2, -0.15) is 0 Å². The maximum Gasteiger partial charge on any atom is 0.281 e. The van der Waals surface area contributed by atoms with Crippen LogP contribution in [0.15, 0.2) is 35.1 Å². The van der Waals surface area contributed by atoms with Crippen molar-refractivity contribution in [3.05, 3.63) is 60.8 Å². The van der Waals surface area contributed by atoms with Crippen molar-refractivity contribution in [1.82, 2.24) is 9.97 Å². The summed E-state index contributed by atoms with van der Waals surface area (Å²) in [6, 6.07) is 7.71. The molecule has 0 saturated carbocycles. The number of non-ortho nitro benzene ring substituents is 1. The number of nitro groups is 1. The fourth-order valence-corrected chi connectivity index (χ4v) is 4.05. The fraction of sp³-hybridized carbons (Fsp3) is 0. The molecule has 4 rings (SSSR count). The molecule has 1 aromatic heterocycles. The van der Waals surface area contributed by atoms with Gasteiger partial charge in [0.1, 0.15) is 20.4 Å². The summed E-state index contributed by atoms with van der Waals surface area (Å²) in [6.07, 6.45) is 0. The van der Waals surface area contributed by atoms with Crippen LogP contribution in [-0.2, 0) is 0 Å². The Bertz CT molecular complexity index is 1190. The first-order chi connectivity index (χ1) is 11.5. The van der Waals surface area contributed by atoms with Crippen LogP contribution in [0.3, 0.4) is 0 Å². The van der Waals surface area contributed by atoms with E-state index in [0.29, 0.717) is 31.5 Å². The highest BCUT2D eigenvalue weighted by Crippen LogP contribution is 2.40. The molecule has 0 unspecified atom stereocenters. The van der Waals surface area contributed by atoms with Gasteiger partial charge in [-0.3, -0.25) is 14.9 Å². The first-order valence-electron chi connectivity index (χ1n) is 6.63. The lowest BCUT2D eigenvalue weighted by Gasteiger charge is -2.11. The molecule has 24 heavy (non-hydrogen) atoms. The van der Waals surface area contributed by atoms with Gasteiger partial charge < -0.3 is 0 Å². The first-order valence-corrected chi connectivity index (χ1v) is 8.20. The van der Waals surface area contributed by atoms with E-state index in [0.717, 1.165) is 0 Å². The monoisotopic (exact) mass is 377 g/mol. The first kappa shape index (κ1) is 15.2. The molecule has 0 saturated heterocycles. The van der Waals surface area contributed by atoms with Crippen molar-refractivity contribution >= 4 is 61.3 Å². The van der Waals surface area contributed by atoms with Crippen LogP contribution in [0.1, 0.15) is 0 Å². The fourth-order valence-electron chi connectivity index (χ4n) is 2.56. The number of nitro benzene ring substituents is 1. The Morgan fingerprint density at radius 1 is 1.12 bits per heavy atom. The highest BCUT2D eigenvalue weighted by atomic mass is 35.5. The zero-order valence-electron chi connectivity index (χ0n) is 11.6. The molecule has 0 bridgehead atoms. The van der Waals surface area contributed by atoms with Gasteiger partial charge in [-0.15, -0.1) is 11.3 Å². The Labute approximate surface area is 147 Å². The van der Waals surface area contributed by atoms with E-state index in [1.54, 1.807) is 18.2 Å². The van der Waals surface area contributed by atoms with E-state index < -0.39 is 10.4 Å². The Morgan fingerprint density at radius 3 is 2.67 bits per heavy atom. The molecule has 0 fully saturated rings. The van der Waals surface area contributed by atoms with Gasteiger partial charge in [-0.25, -0.2) is 9.97 Å². The molecule has 118 valence electrons. The van der Waals surface area contributed by atoms with Crippen molar-refractivity contribution in [2.45, 2.75) is 0 Å². The predicted octanol–water partition coefficient (Wildman–Crippen LogP) is 4.52. The number of nitrogens with zero attached hydrogens (tertiary/aromatic N) is 3. The predicted molar refractivity (Wildman–Crippen MR) is 94.5 cm³/mol. The summed E-state index contributed by atoms with van der Waals surface area (Å²) in [6.45, 7) is 0. The number of benzene rings is 2. The summed E-state index contributed by atoms with van der Waals surface area (Å²) in [4.78, 5) is 32.8. The van der Waals surface area contributed by atoms with Crippen LogP contribution in [0.5, 0.6) is 0 Å². The molecule has 2 heterocycles. The minimum absolute atomic E-state index is 0.0408. The van der Waals surface area contributed by atoms with Gasteiger partial charge in [0.15, 0.2) is 0 Å². The minimum atomic E-state index is -0.600. The Morgan fingerprint density at radius 2 is 1.92 bits per heavy atom. The highest BCUT2D eigenvalue weighted by Gasteiger charge is 2.25. The Kier molecular flexibility index (Phi) is 3.38. The SMILES string of the molecule is O=c1c(Cl)c2sc3nc(Cl)ccc3nc-2c2cccc([N+](=O)[O-])c12. The second-order valence-corrected chi connectivity index (χ2v) is 6.71. The molecule has 9 heteroatoms. The molecule has 1 aromatic carbocycles. The number of aromatic nitrogens is 2. The van der Waals surface area contributed by atoms with Crippen molar-refractivity contribution in [3.63, 3.8) is 0 Å². The van der Waals surface area contributed by atoms with Crippen LogP contribution < -0.4 is 5.43 Å². The van der Waals surface area contributed by atoms with Crippen LogP contribution in [0, 0.1) is 10.1 Å². The van der Waals surface area contributed by atoms with Crippen LogP contribution in [0.2, 0.25) is 10.2 Å². The third-order valence-corrected chi connectivity index (χ3v) is 5.35. The van der Waals surface area contributed by atoms with Gasteiger partial charge in [0.2, 0.25) is 5.43 Å². The summed E-state index contributed by atoms with van der Waals surface area (Å²) in [5.74, 6) is 0. The topological polar surface area (TPSA) is 86.0 Å². The molecular formula is C15H5Cl2N3O3S. The molecule has 2 aromatic rings. The summed E-state index contributed by atoms with van der Waals surface area (Å²) in [5.41, 5.74) is 0.118. The molecule has 0 atom stereocenters.